The molecule has 2 aliphatic rings. The van der Waals surface area contributed by atoms with Crippen LogP contribution in [-0.2, 0) is 6.42 Å². The first-order chi connectivity index (χ1) is 15.4. The first-order valence-corrected chi connectivity index (χ1v) is 11.4. The molecule has 3 aromatic rings. The summed E-state index contributed by atoms with van der Waals surface area (Å²) in [6, 6.07) is 8.07. The van der Waals surface area contributed by atoms with Crippen LogP contribution in [-0.4, -0.2) is 26.8 Å². The first kappa shape index (κ1) is 21.3. The normalized spacial score (nSPS) is 20.7. The number of ether oxygens (including phenoxy) is 1. The van der Waals surface area contributed by atoms with Gasteiger partial charge in [0, 0.05) is 22.7 Å². The first-order valence-electron chi connectivity index (χ1n) is 11.0. The van der Waals surface area contributed by atoms with Crippen molar-refractivity contribution in [1.82, 2.24) is 20.1 Å². The highest BCUT2D eigenvalue weighted by molar-refractivity contribution is 6.30. The molecule has 0 spiro atoms. The molecule has 5 nitrogen and oxygen atoms in total. The van der Waals surface area contributed by atoms with Crippen LogP contribution in [0.1, 0.15) is 54.6 Å². The summed E-state index contributed by atoms with van der Waals surface area (Å²) in [6.07, 6.45) is 4.49. The predicted molar refractivity (Wildman–Crippen MR) is 118 cm³/mol. The van der Waals surface area contributed by atoms with E-state index in [1.54, 1.807) is 22.8 Å². The zero-order valence-electron chi connectivity index (χ0n) is 18.0. The molecular formula is C24H25ClF2N4O. The van der Waals surface area contributed by atoms with Crippen LogP contribution in [0.15, 0.2) is 30.3 Å². The monoisotopic (exact) mass is 458 g/mol. The quantitative estimate of drug-likeness (QED) is 0.556. The van der Waals surface area contributed by atoms with Crippen molar-refractivity contribution in [3.05, 3.63) is 69.8 Å². The maximum atomic E-state index is 15.1. The molecule has 8 heteroatoms. The topological polar surface area (TPSA) is 52.0 Å². The van der Waals surface area contributed by atoms with E-state index >= 15 is 4.39 Å². The van der Waals surface area contributed by atoms with E-state index in [1.165, 1.54) is 25.0 Å². The fourth-order valence-electron chi connectivity index (χ4n) is 5.03. The molecule has 168 valence electrons. The maximum absolute atomic E-state index is 15.1. The van der Waals surface area contributed by atoms with Crippen molar-refractivity contribution >= 4 is 11.6 Å². The number of halogens is 3. The largest absolute Gasteiger partial charge is 0.481 e. The predicted octanol–water partition coefficient (Wildman–Crippen LogP) is 5.39. The SMILES string of the molecule is Cc1nnc(C)n1-c1ccc(O[C@@H]2c3cc(Cl)cc(F)c3C[C@@H]2NC2CCCC2)c(F)c1. The molecule has 0 amide bonds. The van der Waals surface area contributed by atoms with Crippen molar-refractivity contribution in [1.29, 1.82) is 0 Å². The van der Waals surface area contributed by atoms with Crippen molar-refractivity contribution in [2.24, 2.45) is 0 Å². The summed E-state index contributed by atoms with van der Waals surface area (Å²) in [5.74, 6) is 0.628. The Kier molecular flexibility index (Phi) is 5.63. The second-order valence-corrected chi connectivity index (χ2v) is 9.13. The molecule has 5 rings (SSSR count). The van der Waals surface area contributed by atoms with Gasteiger partial charge in [-0.1, -0.05) is 24.4 Å². The summed E-state index contributed by atoms with van der Waals surface area (Å²) in [5.41, 5.74) is 1.89. The second kappa shape index (κ2) is 8.45. The molecule has 1 N–H and O–H groups in total. The van der Waals surface area contributed by atoms with E-state index in [-0.39, 0.29) is 17.6 Å². The van der Waals surface area contributed by atoms with E-state index < -0.39 is 11.9 Å². The third-order valence-electron chi connectivity index (χ3n) is 6.51. The lowest BCUT2D eigenvalue weighted by Crippen LogP contribution is -2.41. The van der Waals surface area contributed by atoms with Gasteiger partial charge in [-0.25, -0.2) is 8.78 Å². The Balaban J connectivity index is 1.46. The van der Waals surface area contributed by atoms with Gasteiger partial charge in [0.1, 0.15) is 23.6 Å². The molecule has 2 atom stereocenters. The van der Waals surface area contributed by atoms with Crippen LogP contribution >= 0.6 is 11.6 Å². The van der Waals surface area contributed by atoms with Crippen LogP contribution in [0.5, 0.6) is 5.75 Å². The molecule has 32 heavy (non-hydrogen) atoms. The van der Waals surface area contributed by atoms with E-state index in [0.29, 0.717) is 45.9 Å². The minimum absolute atomic E-state index is 0.119. The van der Waals surface area contributed by atoms with Crippen LogP contribution in [0.2, 0.25) is 5.02 Å². The van der Waals surface area contributed by atoms with Crippen molar-refractivity contribution in [3.8, 4) is 11.4 Å². The molecule has 0 aliphatic heterocycles. The van der Waals surface area contributed by atoms with Gasteiger partial charge in [-0.3, -0.25) is 4.57 Å². The Morgan fingerprint density at radius 2 is 1.75 bits per heavy atom. The lowest BCUT2D eigenvalue weighted by molar-refractivity contribution is 0.153. The van der Waals surface area contributed by atoms with Gasteiger partial charge in [-0.05, 0) is 62.9 Å². The minimum atomic E-state index is -0.530. The molecule has 0 saturated heterocycles. The summed E-state index contributed by atoms with van der Waals surface area (Å²) < 4.78 is 37.8. The molecule has 0 radical (unpaired) electrons. The van der Waals surface area contributed by atoms with Crippen LogP contribution in [0, 0.1) is 25.5 Å². The number of hydrogen-bond acceptors (Lipinski definition) is 4. The number of hydrogen-bond donors (Lipinski definition) is 1. The summed E-state index contributed by atoms with van der Waals surface area (Å²) in [4.78, 5) is 0. The van der Waals surface area contributed by atoms with Crippen molar-refractivity contribution in [2.75, 3.05) is 0 Å². The lowest BCUT2D eigenvalue weighted by Gasteiger charge is -2.26. The Morgan fingerprint density at radius 3 is 2.44 bits per heavy atom. The fraction of sp³-hybridized carbons (Fsp3) is 0.417. The van der Waals surface area contributed by atoms with E-state index in [9.17, 15) is 4.39 Å². The van der Waals surface area contributed by atoms with Crippen LogP contribution < -0.4 is 10.1 Å². The van der Waals surface area contributed by atoms with Gasteiger partial charge in [-0.2, -0.15) is 0 Å². The average Bonchev–Trinajstić information content (AvgIpc) is 3.45. The number of rotatable bonds is 5. The number of nitrogens with zero attached hydrogens (tertiary/aromatic N) is 3. The molecule has 1 aromatic heterocycles. The number of nitrogens with one attached hydrogen (secondary N) is 1. The van der Waals surface area contributed by atoms with Crippen molar-refractivity contribution in [3.63, 3.8) is 0 Å². The minimum Gasteiger partial charge on any atom is -0.481 e. The van der Waals surface area contributed by atoms with Gasteiger partial charge in [0.05, 0.1) is 11.7 Å². The van der Waals surface area contributed by atoms with E-state index in [4.69, 9.17) is 16.3 Å². The Morgan fingerprint density at radius 1 is 1.03 bits per heavy atom. The standard InChI is InChI=1S/C24H25ClF2N4O/c1-13-29-30-14(2)31(13)17-7-8-23(21(27)11-17)32-24-19-9-15(25)10-20(26)18(19)12-22(24)28-16-5-3-4-6-16/h7-11,16,22,24,28H,3-6,12H2,1-2H3/t22-,24+/m0/s1. The Bertz CT molecular complexity index is 1140. The third kappa shape index (κ3) is 3.88. The summed E-state index contributed by atoms with van der Waals surface area (Å²) in [6.45, 7) is 3.63. The zero-order chi connectivity index (χ0) is 22.4. The smallest absolute Gasteiger partial charge is 0.167 e. The highest BCUT2D eigenvalue weighted by Crippen LogP contribution is 2.40. The average molecular weight is 459 g/mol. The van der Waals surface area contributed by atoms with Crippen molar-refractivity contribution in [2.45, 2.75) is 64.1 Å². The van der Waals surface area contributed by atoms with Crippen molar-refractivity contribution < 1.29 is 13.5 Å². The van der Waals surface area contributed by atoms with E-state index in [1.807, 2.05) is 13.8 Å². The molecule has 1 fully saturated rings. The van der Waals surface area contributed by atoms with Crippen LogP contribution in [0.4, 0.5) is 8.78 Å². The Labute approximate surface area is 190 Å². The number of aryl methyl sites for hydroxylation is 2. The molecule has 2 aliphatic carbocycles. The molecule has 1 saturated carbocycles. The zero-order valence-corrected chi connectivity index (χ0v) is 18.8. The van der Waals surface area contributed by atoms with Gasteiger partial charge in [0.15, 0.2) is 11.6 Å². The summed E-state index contributed by atoms with van der Waals surface area (Å²) in [5, 5.41) is 12.0. The van der Waals surface area contributed by atoms with Crippen LogP contribution in [0.25, 0.3) is 5.69 Å². The van der Waals surface area contributed by atoms with Gasteiger partial charge >= 0.3 is 0 Å². The number of fused-ring (bicyclic) bond motifs is 1. The summed E-state index contributed by atoms with van der Waals surface area (Å²) >= 11 is 6.15. The second-order valence-electron chi connectivity index (χ2n) is 8.70. The molecular weight excluding hydrogens is 434 g/mol. The molecule has 0 bridgehead atoms. The van der Waals surface area contributed by atoms with Gasteiger partial charge in [0.25, 0.3) is 0 Å². The maximum Gasteiger partial charge on any atom is 0.167 e. The number of aromatic nitrogens is 3. The molecule has 1 heterocycles. The lowest BCUT2D eigenvalue weighted by atomic mass is 10.1. The van der Waals surface area contributed by atoms with Crippen LogP contribution in [0.3, 0.4) is 0 Å². The number of benzene rings is 2. The van der Waals surface area contributed by atoms with E-state index in [2.05, 4.69) is 15.5 Å². The van der Waals surface area contributed by atoms with Gasteiger partial charge in [0.2, 0.25) is 0 Å². The highest BCUT2D eigenvalue weighted by atomic mass is 35.5. The fourth-order valence-corrected chi connectivity index (χ4v) is 5.24. The third-order valence-corrected chi connectivity index (χ3v) is 6.73. The highest BCUT2D eigenvalue weighted by Gasteiger charge is 2.38. The molecule has 2 aromatic carbocycles. The molecule has 0 unspecified atom stereocenters. The van der Waals surface area contributed by atoms with E-state index in [0.717, 1.165) is 12.8 Å². The van der Waals surface area contributed by atoms with Gasteiger partial charge in [-0.15, -0.1) is 10.2 Å². The summed E-state index contributed by atoms with van der Waals surface area (Å²) in [7, 11) is 0. The Hall–Kier alpha value is -2.51. The van der Waals surface area contributed by atoms with Gasteiger partial charge < -0.3 is 10.1 Å².